The third-order valence-corrected chi connectivity index (χ3v) is 4.00. The van der Waals surface area contributed by atoms with Crippen LogP contribution in [0.5, 0.6) is 5.75 Å². The number of anilines is 1. The first kappa shape index (κ1) is 19.4. The number of hydrogen-bond donors (Lipinski definition) is 1. The first-order valence-electron chi connectivity index (χ1n) is 8.06. The summed E-state index contributed by atoms with van der Waals surface area (Å²) in [6, 6.07) is 4.20. The van der Waals surface area contributed by atoms with Gasteiger partial charge in [0, 0.05) is 7.05 Å². The highest BCUT2D eigenvalue weighted by Gasteiger charge is 2.21. The molecule has 140 valence electrons. The number of hydrogen-bond acceptors (Lipinski definition) is 5. The van der Waals surface area contributed by atoms with Crippen molar-refractivity contribution in [1.29, 1.82) is 0 Å². The van der Waals surface area contributed by atoms with E-state index in [1.165, 1.54) is 26.2 Å². The normalized spacial score (nSPS) is 11.8. The van der Waals surface area contributed by atoms with Gasteiger partial charge in [-0.1, -0.05) is 6.07 Å². The maximum Gasteiger partial charge on any atom is 0.311 e. The van der Waals surface area contributed by atoms with Gasteiger partial charge in [-0.2, -0.15) is 5.10 Å². The van der Waals surface area contributed by atoms with Crippen molar-refractivity contribution in [3.63, 3.8) is 0 Å². The van der Waals surface area contributed by atoms with Gasteiger partial charge >= 0.3 is 5.97 Å². The number of methoxy groups -OCH3 is 1. The largest absolute Gasteiger partial charge is 0.494 e. The van der Waals surface area contributed by atoms with Gasteiger partial charge in [-0.25, -0.2) is 4.39 Å². The predicted molar refractivity (Wildman–Crippen MR) is 93.5 cm³/mol. The number of esters is 1. The number of halogens is 1. The summed E-state index contributed by atoms with van der Waals surface area (Å²) in [5.41, 5.74) is 2.49. The van der Waals surface area contributed by atoms with Gasteiger partial charge in [0.25, 0.3) is 5.91 Å². The van der Waals surface area contributed by atoms with Crippen LogP contribution in [0.15, 0.2) is 18.2 Å². The first-order chi connectivity index (χ1) is 12.2. The van der Waals surface area contributed by atoms with Crippen molar-refractivity contribution in [3.05, 3.63) is 41.0 Å². The fourth-order valence-electron chi connectivity index (χ4n) is 2.46. The average Bonchev–Trinajstić information content (AvgIpc) is 2.81. The number of nitrogens with zero attached hydrogens (tertiary/aromatic N) is 2. The zero-order valence-electron chi connectivity index (χ0n) is 15.4. The standard InChI is InChI=1S/C18H22FN3O4/c1-10-17(11(2)22(4)21-10)20-18(24)12(3)26-16(23)9-13-6-7-15(25-5)14(19)8-13/h6-8,12H,9H2,1-5H3,(H,20,24)/t12-/m0/s1. The molecule has 7 nitrogen and oxygen atoms in total. The maximum atomic E-state index is 13.7. The summed E-state index contributed by atoms with van der Waals surface area (Å²) in [5.74, 6) is -1.56. The molecule has 2 aromatic rings. The Morgan fingerprint density at radius 2 is 2.04 bits per heavy atom. The van der Waals surface area contributed by atoms with E-state index in [0.29, 0.717) is 16.9 Å². The minimum atomic E-state index is -0.996. The SMILES string of the molecule is COc1ccc(CC(=O)O[C@@H](C)C(=O)Nc2c(C)nn(C)c2C)cc1F. The second-order valence-electron chi connectivity index (χ2n) is 5.94. The van der Waals surface area contributed by atoms with Crippen molar-refractivity contribution in [2.24, 2.45) is 7.05 Å². The summed E-state index contributed by atoms with van der Waals surface area (Å²) in [6.07, 6.45) is -1.15. The molecular weight excluding hydrogens is 341 g/mol. The second-order valence-corrected chi connectivity index (χ2v) is 5.94. The Labute approximate surface area is 151 Å². The van der Waals surface area contributed by atoms with Crippen molar-refractivity contribution in [1.82, 2.24) is 9.78 Å². The third-order valence-electron chi connectivity index (χ3n) is 4.00. The van der Waals surface area contributed by atoms with E-state index in [0.717, 1.165) is 5.69 Å². The lowest BCUT2D eigenvalue weighted by atomic mass is 10.1. The number of benzene rings is 1. The lowest BCUT2D eigenvalue weighted by Gasteiger charge is -2.14. The molecule has 0 aliphatic heterocycles. The Morgan fingerprint density at radius 3 is 2.58 bits per heavy atom. The Morgan fingerprint density at radius 1 is 1.35 bits per heavy atom. The lowest BCUT2D eigenvalue weighted by molar-refractivity contribution is -0.152. The van der Waals surface area contributed by atoms with Crippen LogP contribution >= 0.6 is 0 Å². The van der Waals surface area contributed by atoms with Crippen LogP contribution in [0, 0.1) is 19.7 Å². The van der Waals surface area contributed by atoms with Gasteiger partial charge in [0.15, 0.2) is 17.7 Å². The number of aryl methyl sites for hydroxylation is 2. The topological polar surface area (TPSA) is 82.4 Å². The highest BCUT2D eigenvalue weighted by molar-refractivity contribution is 5.96. The van der Waals surface area contributed by atoms with Gasteiger partial charge in [0.1, 0.15) is 0 Å². The van der Waals surface area contributed by atoms with Crippen molar-refractivity contribution < 1.29 is 23.5 Å². The van der Waals surface area contributed by atoms with Crippen LogP contribution in [0.3, 0.4) is 0 Å². The lowest BCUT2D eigenvalue weighted by Crippen LogP contribution is -2.30. The molecule has 8 heteroatoms. The van der Waals surface area contributed by atoms with E-state index in [1.807, 2.05) is 6.92 Å². The quantitative estimate of drug-likeness (QED) is 0.797. The molecule has 1 N–H and O–H groups in total. The molecule has 0 fully saturated rings. The van der Waals surface area contributed by atoms with Crippen molar-refractivity contribution in [2.75, 3.05) is 12.4 Å². The van der Waals surface area contributed by atoms with Gasteiger partial charge in [-0.3, -0.25) is 14.3 Å². The molecule has 26 heavy (non-hydrogen) atoms. The average molecular weight is 363 g/mol. The zero-order chi connectivity index (χ0) is 19.4. The second kappa shape index (κ2) is 7.99. The van der Waals surface area contributed by atoms with Crippen LogP contribution in [-0.2, 0) is 27.8 Å². The number of aromatic nitrogens is 2. The number of carbonyl (C=O) groups excluding carboxylic acids is 2. The van der Waals surface area contributed by atoms with Crippen molar-refractivity contribution >= 4 is 17.6 Å². The van der Waals surface area contributed by atoms with Crippen molar-refractivity contribution in [3.8, 4) is 5.75 Å². The minimum Gasteiger partial charge on any atom is -0.494 e. The van der Waals surface area contributed by atoms with E-state index in [4.69, 9.17) is 9.47 Å². The molecule has 1 heterocycles. The Kier molecular flexibility index (Phi) is 5.97. The molecule has 2 rings (SSSR count). The van der Waals surface area contributed by atoms with Crippen LogP contribution in [0.2, 0.25) is 0 Å². The van der Waals surface area contributed by atoms with Crippen LogP contribution in [0.4, 0.5) is 10.1 Å². The fraction of sp³-hybridized carbons (Fsp3) is 0.389. The first-order valence-corrected chi connectivity index (χ1v) is 8.06. The Hall–Kier alpha value is -2.90. The number of rotatable bonds is 6. The highest BCUT2D eigenvalue weighted by atomic mass is 19.1. The fourth-order valence-corrected chi connectivity index (χ4v) is 2.46. The molecule has 1 aromatic heterocycles. The number of carbonyl (C=O) groups is 2. The summed E-state index contributed by atoms with van der Waals surface area (Å²) in [7, 11) is 3.13. The molecule has 1 aromatic carbocycles. The van der Waals surface area contributed by atoms with Crippen LogP contribution < -0.4 is 10.1 Å². The number of ether oxygens (including phenoxy) is 2. The van der Waals surface area contributed by atoms with E-state index in [9.17, 15) is 14.0 Å². The van der Waals surface area contributed by atoms with E-state index in [1.54, 1.807) is 24.7 Å². The molecular formula is C18H22FN3O4. The molecule has 0 saturated heterocycles. The van der Waals surface area contributed by atoms with E-state index < -0.39 is 23.8 Å². The number of nitrogens with one attached hydrogen (secondary N) is 1. The Balaban J connectivity index is 1.95. The molecule has 1 amide bonds. The summed E-state index contributed by atoms with van der Waals surface area (Å²) < 4.78 is 25.3. The molecule has 0 radical (unpaired) electrons. The monoisotopic (exact) mass is 363 g/mol. The molecule has 0 spiro atoms. The molecule has 0 aliphatic carbocycles. The van der Waals surface area contributed by atoms with Crippen LogP contribution in [0.25, 0.3) is 0 Å². The Bertz CT molecular complexity index is 832. The van der Waals surface area contributed by atoms with Gasteiger partial charge in [-0.15, -0.1) is 0 Å². The molecule has 0 saturated carbocycles. The molecule has 0 unspecified atom stereocenters. The highest BCUT2D eigenvalue weighted by Crippen LogP contribution is 2.20. The van der Waals surface area contributed by atoms with Gasteiger partial charge in [0.05, 0.1) is 30.6 Å². The van der Waals surface area contributed by atoms with Crippen molar-refractivity contribution in [2.45, 2.75) is 33.3 Å². The van der Waals surface area contributed by atoms with Crippen LogP contribution in [-0.4, -0.2) is 34.9 Å². The van der Waals surface area contributed by atoms with Gasteiger partial charge in [-0.05, 0) is 38.5 Å². The molecule has 0 aliphatic rings. The molecule has 1 atom stereocenters. The summed E-state index contributed by atoms with van der Waals surface area (Å²) in [4.78, 5) is 24.3. The summed E-state index contributed by atoms with van der Waals surface area (Å²) in [5, 5.41) is 6.93. The third kappa shape index (κ3) is 4.38. The molecule has 0 bridgehead atoms. The minimum absolute atomic E-state index is 0.0945. The zero-order valence-corrected chi connectivity index (χ0v) is 15.4. The smallest absolute Gasteiger partial charge is 0.311 e. The summed E-state index contributed by atoms with van der Waals surface area (Å²) >= 11 is 0. The van der Waals surface area contributed by atoms with E-state index >= 15 is 0 Å². The van der Waals surface area contributed by atoms with E-state index in [2.05, 4.69) is 10.4 Å². The summed E-state index contributed by atoms with van der Waals surface area (Å²) in [6.45, 7) is 5.07. The van der Waals surface area contributed by atoms with Gasteiger partial charge < -0.3 is 14.8 Å². The maximum absolute atomic E-state index is 13.7. The predicted octanol–water partition coefficient (Wildman–Crippen LogP) is 2.30. The van der Waals surface area contributed by atoms with Gasteiger partial charge in [0.2, 0.25) is 0 Å². The van der Waals surface area contributed by atoms with Crippen LogP contribution in [0.1, 0.15) is 23.9 Å². The number of amides is 1. The van der Waals surface area contributed by atoms with E-state index in [-0.39, 0.29) is 12.2 Å².